The highest BCUT2D eigenvalue weighted by Crippen LogP contribution is 2.27. The average molecular weight is 284 g/mol. The summed E-state index contributed by atoms with van der Waals surface area (Å²) in [5, 5.41) is 14.9. The van der Waals surface area contributed by atoms with Crippen molar-refractivity contribution in [2.75, 3.05) is 0 Å². The molecule has 0 aromatic carbocycles. The first-order valence-corrected chi connectivity index (χ1v) is 5.89. The van der Waals surface area contributed by atoms with Crippen LogP contribution in [0.2, 0.25) is 0 Å². The molecule has 8 nitrogen and oxygen atoms in total. The Balaban J connectivity index is 2.08. The van der Waals surface area contributed by atoms with Gasteiger partial charge in [-0.1, -0.05) is 0 Å². The fourth-order valence-corrected chi connectivity index (χ4v) is 1.84. The molecule has 0 radical (unpaired) electrons. The normalized spacial score (nSPS) is 10.5. The van der Waals surface area contributed by atoms with E-state index < -0.39 is 10.8 Å². The Bertz CT molecular complexity index is 807. The highest BCUT2D eigenvalue weighted by molar-refractivity contribution is 5.84. The van der Waals surface area contributed by atoms with Crippen LogP contribution in [0.3, 0.4) is 0 Å². The van der Waals surface area contributed by atoms with E-state index in [1.165, 1.54) is 23.0 Å². The van der Waals surface area contributed by atoms with Gasteiger partial charge in [-0.15, -0.1) is 0 Å². The number of hydrogen-bond acceptors (Lipinski definition) is 6. The van der Waals surface area contributed by atoms with Gasteiger partial charge in [0, 0.05) is 12.4 Å². The minimum Gasteiger partial charge on any atom is -0.399 e. The monoisotopic (exact) mass is 284 g/mol. The fourth-order valence-electron chi connectivity index (χ4n) is 1.84. The molecule has 0 N–H and O–H groups in total. The molecular weight excluding hydrogens is 276 g/mol. The third-order valence-electron chi connectivity index (χ3n) is 2.79. The van der Waals surface area contributed by atoms with Gasteiger partial charge in [-0.3, -0.25) is 19.9 Å². The maximum absolute atomic E-state index is 11.1. The zero-order valence-corrected chi connectivity index (χ0v) is 10.5. The van der Waals surface area contributed by atoms with Crippen LogP contribution < -0.4 is 0 Å². The molecule has 3 heterocycles. The number of rotatable bonds is 4. The SMILES string of the molecule is O=Cc1cn(-c2cccnc2)nc1-c1ccc([N+](=O)[O-])o1. The number of nitro groups is 1. The first-order chi connectivity index (χ1) is 10.2. The van der Waals surface area contributed by atoms with Gasteiger partial charge < -0.3 is 4.42 Å². The summed E-state index contributed by atoms with van der Waals surface area (Å²) >= 11 is 0. The molecule has 0 saturated heterocycles. The molecule has 104 valence electrons. The summed E-state index contributed by atoms with van der Waals surface area (Å²) in [6, 6.07) is 6.12. The number of nitrogens with zero attached hydrogens (tertiary/aromatic N) is 4. The zero-order chi connectivity index (χ0) is 14.8. The highest BCUT2D eigenvalue weighted by Gasteiger charge is 2.19. The number of aldehydes is 1. The molecule has 3 rings (SSSR count). The van der Waals surface area contributed by atoms with Crippen molar-refractivity contribution in [3.05, 3.63) is 58.5 Å². The summed E-state index contributed by atoms with van der Waals surface area (Å²) < 4.78 is 6.53. The van der Waals surface area contributed by atoms with Gasteiger partial charge in [-0.05, 0) is 18.2 Å². The van der Waals surface area contributed by atoms with Crippen LogP contribution in [-0.4, -0.2) is 26.0 Å². The summed E-state index contributed by atoms with van der Waals surface area (Å²) in [6.45, 7) is 0. The molecule has 0 spiro atoms. The van der Waals surface area contributed by atoms with E-state index in [1.807, 2.05) is 0 Å². The number of carbonyl (C=O) groups excluding carboxylic acids is 1. The molecule has 0 bridgehead atoms. The molecule has 21 heavy (non-hydrogen) atoms. The van der Waals surface area contributed by atoms with Crippen LogP contribution >= 0.6 is 0 Å². The maximum Gasteiger partial charge on any atom is 0.433 e. The Morgan fingerprint density at radius 2 is 2.19 bits per heavy atom. The van der Waals surface area contributed by atoms with Gasteiger partial charge >= 0.3 is 5.88 Å². The second kappa shape index (κ2) is 5.00. The number of hydrogen-bond donors (Lipinski definition) is 0. The minimum absolute atomic E-state index is 0.159. The lowest BCUT2D eigenvalue weighted by Gasteiger charge is -1.98. The van der Waals surface area contributed by atoms with E-state index in [-0.39, 0.29) is 17.0 Å². The molecule has 3 aromatic heterocycles. The summed E-state index contributed by atoms with van der Waals surface area (Å²) in [5.74, 6) is -0.246. The van der Waals surface area contributed by atoms with Crippen molar-refractivity contribution in [2.45, 2.75) is 0 Å². The van der Waals surface area contributed by atoms with Crippen molar-refractivity contribution in [1.82, 2.24) is 14.8 Å². The van der Waals surface area contributed by atoms with Gasteiger partial charge in [0.2, 0.25) is 0 Å². The van der Waals surface area contributed by atoms with Gasteiger partial charge in [0.15, 0.2) is 12.0 Å². The second-order valence-electron chi connectivity index (χ2n) is 4.10. The van der Waals surface area contributed by atoms with E-state index >= 15 is 0 Å². The smallest absolute Gasteiger partial charge is 0.399 e. The maximum atomic E-state index is 11.1. The molecule has 0 fully saturated rings. The topological polar surface area (TPSA) is 104 Å². The molecule has 0 amide bonds. The molecule has 0 unspecified atom stereocenters. The third kappa shape index (κ3) is 2.29. The van der Waals surface area contributed by atoms with Gasteiger partial charge in [0.05, 0.1) is 23.5 Å². The number of furan rings is 1. The number of aromatic nitrogens is 3. The first-order valence-electron chi connectivity index (χ1n) is 5.89. The van der Waals surface area contributed by atoms with Gasteiger partial charge in [0.25, 0.3) is 0 Å². The van der Waals surface area contributed by atoms with E-state index in [4.69, 9.17) is 4.42 Å². The van der Waals surface area contributed by atoms with Crippen LogP contribution in [0.1, 0.15) is 10.4 Å². The molecule has 3 aromatic rings. The Hall–Kier alpha value is -3.29. The van der Waals surface area contributed by atoms with Crippen LogP contribution in [0.25, 0.3) is 17.1 Å². The zero-order valence-electron chi connectivity index (χ0n) is 10.5. The quantitative estimate of drug-likeness (QED) is 0.413. The van der Waals surface area contributed by atoms with E-state index in [9.17, 15) is 14.9 Å². The first kappa shape index (κ1) is 12.7. The van der Waals surface area contributed by atoms with E-state index in [2.05, 4.69) is 10.1 Å². The largest absolute Gasteiger partial charge is 0.433 e. The molecule has 8 heteroatoms. The number of carbonyl (C=O) groups is 1. The van der Waals surface area contributed by atoms with Gasteiger partial charge in [-0.25, -0.2) is 4.68 Å². The van der Waals surface area contributed by atoms with Crippen molar-refractivity contribution in [2.24, 2.45) is 0 Å². The molecule has 0 atom stereocenters. The Morgan fingerprint density at radius 1 is 1.33 bits per heavy atom. The van der Waals surface area contributed by atoms with Crippen molar-refractivity contribution in [1.29, 1.82) is 0 Å². The Labute approximate surface area is 117 Å². The van der Waals surface area contributed by atoms with Gasteiger partial charge in [0.1, 0.15) is 10.6 Å². The summed E-state index contributed by atoms with van der Waals surface area (Å²) in [6.07, 6.45) is 5.32. The third-order valence-corrected chi connectivity index (χ3v) is 2.79. The lowest BCUT2D eigenvalue weighted by atomic mass is 10.2. The second-order valence-corrected chi connectivity index (χ2v) is 4.10. The molecular formula is C13H8N4O4. The van der Waals surface area contributed by atoms with Crippen LogP contribution in [0.5, 0.6) is 0 Å². The summed E-state index contributed by atoms with van der Waals surface area (Å²) in [7, 11) is 0. The average Bonchev–Trinajstić information content (AvgIpc) is 3.14. The van der Waals surface area contributed by atoms with Crippen LogP contribution in [0.4, 0.5) is 5.88 Å². The van der Waals surface area contributed by atoms with E-state index in [1.54, 1.807) is 24.5 Å². The van der Waals surface area contributed by atoms with E-state index in [0.29, 0.717) is 12.0 Å². The van der Waals surface area contributed by atoms with Crippen molar-refractivity contribution in [3.63, 3.8) is 0 Å². The van der Waals surface area contributed by atoms with Crippen molar-refractivity contribution < 1.29 is 14.1 Å². The lowest BCUT2D eigenvalue weighted by Crippen LogP contribution is -1.94. The van der Waals surface area contributed by atoms with Crippen molar-refractivity contribution >= 4 is 12.2 Å². The predicted molar refractivity (Wildman–Crippen MR) is 71.1 cm³/mol. The summed E-state index contributed by atoms with van der Waals surface area (Å²) in [4.78, 5) is 25.1. The lowest BCUT2D eigenvalue weighted by molar-refractivity contribution is -0.401. The Kier molecular flexibility index (Phi) is 3.03. The summed E-state index contributed by atoms with van der Waals surface area (Å²) in [5.41, 5.74) is 1.16. The van der Waals surface area contributed by atoms with E-state index in [0.717, 1.165) is 0 Å². The van der Waals surface area contributed by atoms with Crippen LogP contribution in [0, 0.1) is 10.1 Å². The molecule has 0 saturated carbocycles. The highest BCUT2D eigenvalue weighted by atomic mass is 16.6. The fraction of sp³-hybridized carbons (Fsp3) is 0. The minimum atomic E-state index is -0.651. The molecule has 0 aliphatic carbocycles. The Morgan fingerprint density at radius 3 is 2.81 bits per heavy atom. The predicted octanol–water partition coefficient (Wildman–Crippen LogP) is 2.25. The van der Waals surface area contributed by atoms with Crippen LogP contribution in [0.15, 0.2) is 47.3 Å². The molecule has 0 aliphatic heterocycles. The standard InChI is InChI=1S/C13H8N4O4/c18-8-9-7-16(10-2-1-5-14-6-10)15-13(9)11-3-4-12(21-11)17(19)20/h1-8H. The van der Waals surface area contributed by atoms with Crippen molar-refractivity contribution in [3.8, 4) is 17.1 Å². The van der Waals surface area contributed by atoms with Crippen LogP contribution in [-0.2, 0) is 0 Å². The van der Waals surface area contributed by atoms with Gasteiger partial charge in [-0.2, -0.15) is 5.10 Å². The number of pyridine rings is 1. The molecule has 0 aliphatic rings.